The molecule has 5 atom stereocenters. The molecule has 0 saturated carbocycles. The largest absolute Gasteiger partial charge is 0.480 e. The third-order valence-electron chi connectivity index (χ3n) is 4.69. The topological polar surface area (TPSA) is 220 Å². The number of carbonyl (C=O) groups excluding carboxylic acids is 4. The van der Waals surface area contributed by atoms with Crippen molar-refractivity contribution >= 4 is 29.6 Å². The van der Waals surface area contributed by atoms with Crippen molar-refractivity contribution in [1.29, 1.82) is 0 Å². The molecule has 0 aliphatic rings. The average Bonchev–Trinajstić information content (AvgIpc) is 2.71. The smallest absolute Gasteiger partial charge is 0.322 e. The van der Waals surface area contributed by atoms with E-state index >= 15 is 0 Å². The highest BCUT2D eigenvalue weighted by Crippen LogP contribution is 2.07. The summed E-state index contributed by atoms with van der Waals surface area (Å²) in [7, 11) is 0. The van der Waals surface area contributed by atoms with Gasteiger partial charge in [-0.05, 0) is 31.6 Å². The maximum absolute atomic E-state index is 12.8. The molecule has 13 heteroatoms. The van der Waals surface area contributed by atoms with E-state index < -0.39 is 73.0 Å². The van der Waals surface area contributed by atoms with Gasteiger partial charge in [-0.15, -0.1) is 0 Å². The van der Waals surface area contributed by atoms with Gasteiger partial charge in [-0.1, -0.05) is 27.7 Å². The minimum atomic E-state index is -1.47. The Kier molecular flexibility index (Phi) is 14.0. The fourth-order valence-corrected chi connectivity index (χ4v) is 2.99. The predicted molar refractivity (Wildman–Crippen MR) is 122 cm³/mol. The second kappa shape index (κ2) is 15.2. The van der Waals surface area contributed by atoms with E-state index in [1.54, 1.807) is 13.8 Å². The van der Waals surface area contributed by atoms with Crippen LogP contribution in [0.3, 0.4) is 0 Å². The Hall–Kier alpha value is -2.77. The van der Waals surface area contributed by atoms with Crippen molar-refractivity contribution in [3.05, 3.63) is 0 Å². The van der Waals surface area contributed by atoms with Gasteiger partial charge < -0.3 is 42.3 Å². The molecule has 0 aliphatic heterocycles. The molecule has 0 radical (unpaired) electrons. The van der Waals surface area contributed by atoms with Gasteiger partial charge in [-0.3, -0.25) is 24.0 Å². The van der Waals surface area contributed by atoms with Crippen LogP contribution in [0.4, 0.5) is 0 Å². The molecule has 0 saturated heterocycles. The maximum atomic E-state index is 12.8. The van der Waals surface area contributed by atoms with Crippen LogP contribution in [0, 0.1) is 11.8 Å². The molecule has 0 rings (SSSR count). The first-order valence-electron chi connectivity index (χ1n) is 11.1. The summed E-state index contributed by atoms with van der Waals surface area (Å²) in [5.41, 5.74) is 5.80. The lowest BCUT2D eigenvalue weighted by atomic mass is 10.0. The third-order valence-corrected chi connectivity index (χ3v) is 4.69. The van der Waals surface area contributed by atoms with E-state index in [-0.39, 0.29) is 18.3 Å². The fourth-order valence-electron chi connectivity index (χ4n) is 2.99. The first-order chi connectivity index (χ1) is 15.7. The molecule has 0 spiro atoms. The van der Waals surface area contributed by atoms with Gasteiger partial charge in [0.2, 0.25) is 23.6 Å². The molecule has 0 heterocycles. The van der Waals surface area contributed by atoms with E-state index in [1.165, 1.54) is 6.92 Å². The number of aliphatic hydroxyl groups is 2. The second-order valence-electron chi connectivity index (χ2n) is 9.01. The number of amides is 4. The zero-order valence-electron chi connectivity index (χ0n) is 20.3. The summed E-state index contributed by atoms with van der Waals surface area (Å²) >= 11 is 0. The summed E-state index contributed by atoms with van der Waals surface area (Å²) < 4.78 is 0. The molecule has 0 unspecified atom stereocenters. The number of carbonyl (C=O) groups is 5. The number of aliphatic hydroxyl groups excluding tert-OH is 2. The molecular formula is C21H39N5O8. The Morgan fingerprint density at radius 2 is 1.26 bits per heavy atom. The molecule has 196 valence electrons. The van der Waals surface area contributed by atoms with Crippen LogP contribution < -0.4 is 27.0 Å². The van der Waals surface area contributed by atoms with Crippen LogP contribution in [0.5, 0.6) is 0 Å². The Morgan fingerprint density at radius 3 is 1.71 bits per heavy atom. The normalized spacial score (nSPS) is 15.6. The van der Waals surface area contributed by atoms with Crippen molar-refractivity contribution in [2.24, 2.45) is 17.6 Å². The summed E-state index contributed by atoms with van der Waals surface area (Å²) in [5.74, 6) is -4.44. The van der Waals surface area contributed by atoms with Crippen LogP contribution >= 0.6 is 0 Å². The zero-order chi connectivity index (χ0) is 26.6. The number of carboxylic acid groups (broad SMARTS) is 1. The number of hydrogen-bond donors (Lipinski definition) is 8. The second-order valence-corrected chi connectivity index (χ2v) is 9.01. The SMILES string of the molecule is CC(C)C[C@H](NC(=O)[C@H](CO)NC(=O)[C@@H](N)CC(C)C)C(=O)N[C@H](C(=O)NCC(=O)O)[C@@H](C)O. The molecule has 0 aromatic carbocycles. The van der Waals surface area contributed by atoms with Gasteiger partial charge in [0.1, 0.15) is 24.7 Å². The first-order valence-corrected chi connectivity index (χ1v) is 11.1. The summed E-state index contributed by atoms with van der Waals surface area (Å²) in [6.07, 6.45) is -0.853. The standard InChI is InChI=1S/C21H39N5O8/c1-10(2)6-13(22)18(31)25-15(9-27)20(33)24-14(7-11(3)4)19(32)26-17(12(5)28)21(34)23-8-16(29)30/h10-15,17,27-28H,6-9,22H2,1-5H3,(H,23,34)(H,24,33)(H,25,31)(H,26,32)(H,29,30)/t12-,13+,14+,15+,17+/m1/s1. The number of nitrogens with two attached hydrogens (primary N) is 1. The lowest BCUT2D eigenvalue weighted by Gasteiger charge is -2.27. The number of hydrogen-bond acceptors (Lipinski definition) is 8. The van der Waals surface area contributed by atoms with Gasteiger partial charge in [-0.2, -0.15) is 0 Å². The summed E-state index contributed by atoms with van der Waals surface area (Å²) in [6.45, 7) is 7.11. The van der Waals surface area contributed by atoms with E-state index in [9.17, 15) is 34.2 Å². The number of aliphatic carboxylic acids is 1. The Morgan fingerprint density at radius 1 is 0.765 bits per heavy atom. The highest BCUT2D eigenvalue weighted by molar-refractivity contribution is 5.95. The van der Waals surface area contributed by atoms with Crippen molar-refractivity contribution in [1.82, 2.24) is 21.3 Å². The summed E-state index contributed by atoms with van der Waals surface area (Å²) in [5, 5.41) is 37.3. The summed E-state index contributed by atoms with van der Waals surface area (Å²) in [4.78, 5) is 60.6. The van der Waals surface area contributed by atoms with Gasteiger partial charge in [0.15, 0.2) is 0 Å². The Bertz CT molecular complexity index is 713. The third kappa shape index (κ3) is 11.9. The van der Waals surface area contributed by atoms with E-state index in [0.717, 1.165) is 0 Å². The lowest BCUT2D eigenvalue weighted by Crippen LogP contribution is -2.60. The predicted octanol–water partition coefficient (Wildman–Crippen LogP) is -2.57. The molecule has 4 amide bonds. The van der Waals surface area contributed by atoms with Gasteiger partial charge >= 0.3 is 5.97 Å². The van der Waals surface area contributed by atoms with E-state index in [1.807, 2.05) is 13.8 Å². The lowest BCUT2D eigenvalue weighted by molar-refractivity contribution is -0.139. The molecule has 34 heavy (non-hydrogen) atoms. The minimum Gasteiger partial charge on any atom is -0.480 e. The molecule has 9 N–H and O–H groups in total. The quantitative estimate of drug-likeness (QED) is 0.121. The highest BCUT2D eigenvalue weighted by atomic mass is 16.4. The maximum Gasteiger partial charge on any atom is 0.322 e. The monoisotopic (exact) mass is 489 g/mol. The van der Waals surface area contributed by atoms with Gasteiger partial charge in [0.25, 0.3) is 0 Å². The van der Waals surface area contributed by atoms with Gasteiger partial charge in [-0.25, -0.2) is 0 Å². The van der Waals surface area contributed by atoms with E-state index in [4.69, 9.17) is 10.8 Å². The van der Waals surface area contributed by atoms with Gasteiger partial charge in [0.05, 0.1) is 18.8 Å². The molecule has 0 aliphatic carbocycles. The van der Waals surface area contributed by atoms with Crippen LogP contribution in [-0.2, 0) is 24.0 Å². The summed E-state index contributed by atoms with van der Waals surface area (Å²) in [6, 6.07) is -4.88. The first kappa shape index (κ1) is 31.2. The van der Waals surface area contributed by atoms with E-state index in [0.29, 0.717) is 6.42 Å². The number of nitrogens with one attached hydrogen (secondary N) is 4. The average molecular weight is 490 g/mol. The van der Waals surface area contributed by atoms with E-state index in [2.05, 4.69) is 21.3 Å². The number of rotatable bonds is 15. The minimum absolute atomic E-state index is 0.0801. The van der Waals surface area contributed by atoms with Gasteiger partial charge in [0, 0.05) is 0 Å². The number of carboxylic acids is 1. The Balaban J connectivity index is 5.38. The van der Waals surface area contributed by atoms with Crippen molar-refractivity contribution in [2.45, 2.75) is 77.7 Å². The molecule has 0 aromatic rings. The van der Waals surface area contributed by atoms with Crippen molar-refractivity contribution in [3.8, 4) is 0 Å². The Labute approximate surface area is 199 Å². The van der Waals surface area contributed by atoms with Crippen LogP contribution in [0.15, 0.2) is 0 Å². The van der Waals surface area contributed by atoms with Crippen LogP contribution in [0.1, 0.15) is 47.5 Å². The zero-order valence-corrected chi connectivity index (χ0v) is 20.3. The molecule has 0 bridgehead atoms. The van der Waals surface area contributed by atoms with Crippen LogP contribution in [0.25, 0.3) is 0 Å². The molecule has 13 nitrogen and oxygen atoms in total. The molecular weight excluding hydrogens is 450 g/mol. The highest BCUT2D eigenvalue weighted by Gasteiger charge is 2.32. The van der Waals surface area contributed by atoms with Crippen LogP contribution in [-0.4, -0.2) is 88.3 Å². The molecule has 0 fully saturated rings. The van der Waals surface area contributed by atoms with Crippen molar-refractivity contribution < 1.29 is 39.3 Å². The van der Waals surface area contributed by atoms with Crippen LogP contribution in [0.2, 0.25) is 0 Å². The van der Waals surface area contributed by atoms with Crippen molar-refractivity contribution in [2.75, 3.05) is 13.2 Å². The molecule has 0 aromatic heterocycles. The van der Waals surface area contributed by atoms with Crippen molar-refractivity contribution in [3.63, 3.8) is 0 Å². The fraction of sp³-hybridized carbons (Fsp3) is 0.762.